The number of carbonyl (C=O) groups excluding carboxylic acids is 1. The molecule has 1 aromatic carbocycles. The number of piperidine rings is 3. The topological polar surface area (TPSA) is 75.6 Å². The Balaban J connectivity index is 1.38. The molecule has 1 atom stereocenters. The quantitative estimate of drug-likeness (QED) is 0.676. The van der Waals surface area contributed by atoms with E-state index in [-0.39, 0.29) is 5.91 Å². The van der Waals surface area contributed by atoms with Crippen molar-refractivity contribution >= 4 is 5.91 Å². The Labute approximate surface area is 169 Å². The van der Waals surface area contributed by atoms with E-state index < -0.39 is 0 Å². The summed E-state index contributed by atoms with van der Waals surface area (Å²) >= 11 is 0. The van der Waals surface area contributed by atoms with Crippen LogP contribution in [0.5, 0.6) is 0 Å². The molecular formula is C22H24N4O3. The van der Waals surface area contributed by atoms with Gasteiger partial charge in [-0.15, -0.1) is 10.2 Å². The number of carbonyl (C=O) groups is 1. The van der Waals surface area contributed by atoms with Crippen molar-refractivity contribution in [3.8, 4) is 23.0 Å². The van der Waals surface area contributed by atoms with Gasteiger partial charge in [-0.05, 0) is 56.1 Å². The third-order valence-corrected chi connectivity index (χ3v) is 6.03. The maximum atomic E-state index is 12.2. The number of benzene rings is 1. The summed E-state index contributed by atoms with van der Waals surface area (Å²) in [6.45, 7) is 3.36. The maximum Gasteiger partial charge on any atom is 0.283 e. The highest BCUT2D eigenvalue weighted by Crippen LogP contribution is 2.39. The van der Waals surface area contributed by atoms with E-state index in [0.717, 1.165) is 12.1 Å². The number of hydrogen-bond donors (Lipinski definition) is 0. The molecule has 3 fully saturated rings. The van der Waals surface area contributed by atoms with E-state index in [1.807, 2.05) is 30.3 Å². The standard InChI is InChI=1S/C22H24N4O3/c1-25(2)22(27)16-5-3-4-15(12-16)18-6-7-19(28-18)21-24-23-20(29-21)17-13-26-10-8-14(17)9-11-26/h3-7,12,14,17H,8-11,13H2,1-2H3. The lowest BCUT2D eigenvalue weighted by Gasteiger charge is -2.43. The van der Waals surface area contributed by atoms with Crippen molar-refractivity contribution in [1.29, 1.82) is 0 Å². The van der Waals surface area contributed by atoms with Gasteiger partial charge in [0.2, 0.25) is 5.89 Å². The highest BCUT2D eigenvalue weighted by Gasteiger charge is 2.38. The molecule has 29 heavy (non-hydrogen) atoms. The van der Waals surface area contributed by atoms with Gasteiger partial charge in [-0.1, -0.05) is 12.1 Å². The van der Waals surface area contributed by atoms with Gasteiger partial charge in [0.05, 0.1) is 5.92 Å². The van der Waals surface area contributed by atoms with E-state index in [2.05, 4.69) is 15.1 Å². The zero-order valence-corrected chi connectivity index (χ0v) is 16.7. The zero-order valence-electron chi connectivity index (χ0n) is 16.7. The van der Waals surface area contributed by atoms with Crippen LogP contribution in [-0.4, -0.2) is 59.6 Å². The van der Waals surface area contributed by atoms with Gasteiger partial charge in [-0.2, -0.15) is 0 Å². The number of aromatic nitrogens is 2. The normalized spacial score (nSPS) is 23.3. The van der Waals surface area contributed by atoms with E-state index >= 15 is 0 Å². The second kappa shape index (κ2) is 7.15. The first kappa shape index (κ1) is 18.1. The predicted octanol–water partition coefficient (Wildman–Crippen LogP) is 3.51. The van der Waals surface area contributed by atoms with Gasteiger partial charge in [-0.3, -0.25) is 4.79 Å². The fourth-order valence-electron chi connectivity index (χ4n) is 4.40. The van der Waals surface area contributed by atoms with Gasteiger partial charge >= 0.3 is 0 Å². The van der Waals surface area contributed by atoms with Crippen LogP contribution >= 0.6 is 0 Å². The second-order valence-electron chi connectivity index (χ2n) is 8.13. The molecule has 0 N–H and O–H groups in total. The average molecular weight is 392 g/mol. The van der Waals surface area contributed by atoms with Crippen LogP contribution in [0.2, 0.25) is 0 Å². The van der Waals surface area contributed by atoms with Crippen LogP contribution in [-0.2, 0) is 0 Å². The Hall–Kier alpha value is -2.93. The van der Waals surface area contributed by atoms with Crippen LogP contribution in [0, 0.1) is 5.92 Å². The molecule has 0 spiro atoms. The van der Waals surface area contributed by atoms with Gasteiger partial charge in [0.25, 0.3) is 11.8 Å². The van der Waals surface area contributed by atoms with Crippen LogP contribution in [0.3, 0.4) is 0 Å². The van der Waals surface area contributed by atoms with E-state index in [1.54, 1.807) is 25.1 Å². The minimum atomic E-state index is -0.0438. The zero-order chi connectivity index (χ0) is 20.0. The van der Waals surface area contributed by atoms with Gasteiger partial charge in [-0.25, -0.2) is 0 Å². The minimum absolute atomic E-state index is 0.0438. The monoisotopic (exact) mass is 392 g/mol. The number of amides is 1. The van der Waals surface area contributed by atoms with E-state index in [4.69, 9.17) is 8.83 Å². The van der Waals surface area contributed by atoms with Crippen molar-refractivity contribution in [3.63, 3.8) is 0 Å². The number of nitrogens with zero attached hydrogens (tertiary/aromatic N) is 4. The molecule has 0 aliphatic carbocycles. The fraction of sp³-hybridized carbons (Fsp3) is 0.409. The first-order valence-corrected chi connectivity index (χ1v) is 10.1. The Morgan fingerprint density at radius 1 is 1.07 bits per heavy atom. The fourth-order valence-corrected chi connectivity index (χ4v) is 4.40. The molecule has 1 unspecified atom stereocenters. The molecule has 2 bridgehead atoms. The van der Waals surface area contributed by atoms with Crippen LogP contribution in [0.4, 0.5) is 0 Å². The molecular weight excluding hydrogens is 368 g/mol. The largest absolute Gasteiger partial charge is 0.451 e. The summed E-state index contributed by atoms with van der Waals surface area (Å²) in [4.78, 5) is 16.3. The summed E-state index contributed by atoms with van der Waals surface area (Å²) in [7, 11) is 3.48. The molecule has 2 aromatic heterocycles. The number of fused-ring (bicyclic) bond motifs is 3. The molecule has 150 valence electrons. The molecule has 3 saturated heterocycles. The first-order chi connectivity index (χ1) is 14.1. The molecule has 0 radical (unpaired) electrons. The SMILES string of the molecule is CN(C)C(=O)c1cccc(-c2ccc(-c3nnc(C4CN5CCC4CC5)o3)o2)c1. The van der Waals surface area contributed by atoms with Gasteiger partial charge in [0, 0.05) is 31.8 Å². The lowest BCUT2D eigenvalue weighted by Crippen LogP contribution is -2.46. The van der Waals surface area contributed by atoms with Crippen molar-refractivity contribution in [2.45, 2.75) is 18.8 Å². The average Bonchev–Trinajstić information content (AvgIpc) is 3.44. The van der Waals surface area contributed by atoms with Crippen molar-refractivity contribution < 1.29 is 13.6 Å². The molecule has 7 heteroatoms. The van der Waals surface area contributed by atoms with E-state index in [9.17, 15) is 4.79 Å². The molecule has 7 nitrogen and oxygen atoms in total. The van der Waals surface area contributed by atoms with E-state index in [1.165, 1.54) is 25.9 Å². The molecule has 3 aromatic rings. The van der Waals surface area contributed by atoms with Crippen LogP contribution in [0.1, 0.15) is 35.0 Å². The predicted molar refractivity (Wildman–Crippen MR) is 107 cm³/mol. The first-order valence-electron chi connectivity index (χ1n) is 10.1. The Morgan fingerprint density at radius 3 is 2.59 bits per heavy atom. The molecule has 3 aliphatic heterocycles. The molecule has 1 amide bonds. The molecule has 0 saturated carbocycles. The summed E-state index contributed by atoms with van der Waals surface area (Å²) in [5, 5.41) is 8.55. The number of hydrogen-bond acceptors (Lipinski definition) is 6. The Kier molecular flexibility index (Phi) is 4.47. The summed E-state index contributed by atoms with van der Waals surface area (Å²) < 4.78 is 12.0. The highest BCUT2D eigenvalue weighted by molar-refractivity contribution is 5.95. The van der Waals surface area contributed by atoms with Crippen molar-refractivity contribution in [2.75, 3.05) is 33.7 Å². The second-order valence-corrected chi connectivity index (χ2v) is 8.13. The third kappa shape index (κ3) is 3.35. The number of furan rings is 1. The molecule has 6 rings (SSSR count). The summed E-state index contributed by atoms with van der Waals surface area (Å²) in [6, 6.07) is 11.1. The van der Waals surface area contributed by atoms with Crippen LogP contribution in [0.25, 0.3) is 23.0 Å². The maximum absolute atomic E-state index is 12.2. The van der Waals surface area contributed by atoms with Crippen molar-refractivity contribution in [2.24, 2.45) is 5.92 Å². The van der Waals surface area contributed by atoms with Crippen molar-refractivity contribution in [1.82, 2.24) is 20.0 Å². The third-order valence-electron chi connectivity index (χ3n) is 6.03. The van der Waals surface area contributed by atoms with E-state index in [0.29, 0.717) is 40.7 Å². The summed E-state index contributed by atoms with van der Waals surface area (Å²) in [5.41, 5.74) is 1.45. The lowest BCUT2D eigenvalue weighted by molar-refractivity contribution is 0.0757. The van der Waals surface area contributed by atoms with Gasteiger partial charge in [0.1, 0.15) is 5.76 Å². The molecule has 3 aliphatic rings. The summed E-state index contributed by atoms with van der Waals surface area (Å²) in [5.74, 6) is 3.24. The van der Waals surface area contributed by atoms with Gasteiger partial charge < -0.3 is 18.6 Å². The Bertz CT molecular complexity index is 1030. The number of rotatable bonds is 4. The van der Waals surface area contributed by atoms with Crippen LogP contribution in [0.15, 0.2) is 45.2 Å². The molecule has 5 heterocycles. The smallest absolute Gasteiger partial charge is 0.283 e. The minimum Gasteiger partial charge on any atom is -0.451 e. The Morgan fingerprint density at radius 2 is 1.86 bits per heavy atom. The van der Waals surface area contributed by atoms with Gasteiger partial charge in [0.15, 0.2) is 5.76 Å². The highest BCUT2D eigenvalue weighted by atomic mass is 16.4. The van der Waals surface area contributed by atoms with Crippen LogP contribution < -0.4 is 0 Å². The van der Waals surface area contributed by atoms with Crippen molar-refractivity contribution in [3.05, 3.63) is 47.9 Å². The lowest BCUT2D eigenvalue weighted by atomic mass is 9.79. The summed E-state index contributed by atoms with van der Waals surface area (Å²) in [6.07, 6.45) is 2.41.